The highest BCUT2D eigenvalue weighted by atomic mass is 16.6. The lowest BCUT2D eigenvalue weighted by Gasteiger charge is -2.25. The summed E-state index contributed by atoms with van der Waals surface area (Å²) >= 11 is 0. The summed E-state index contributed by atoms with van der Waals surface area (Å²) in [5, 5.41) is 20.0. The lowest BCUT2D eigenvalue weighted by Crippen LogP contribution is -2.31. The van der Waals surface area contributed by atoms with E-state index in [1.807, 2.05) is 0 Å². The van der Waals surface area contributed by atoms with E-state index in [1.165, 1.54) is 19.1 Å². The van der Waals surface area contributed by atoms with Gasteiger partial charge in [-0.15, -0.1) is 0 Å². The molecule has 0 saturated heterocycles. The fourth-order valence-corrected chi connectivity index (χ4v) is 1.57. The van der Waals surface area contributed by atoms with Gasteiger partial charge in [-0.3, -0.25) is 14.9 Å². The Kier molecular flexibility index (Phi) is 4.38. The van der Waals surface area contributed by atoms with Gasteiger partial charge >= 0.3 is 0 Å². The first-order valence-electron chi connectivity index (χ1n) is 5.51. The number of hydrogen-bond acceptors (Lipinski definition) is 5. The van der Waals surface area contributed by atoms with Gasteiger partial charge < -0.3 is 10.0 Å². The van der Waals surface area contributed by atoms with Crippen LogP contribution in [0.2, 0.25) is 0 Å². The number of benzene rings is 1. The molecule has 0 heterocycles. The van der Waals surface area contributed by atoms with Crippen LogP contribution in [0.1, 0.15) is 24.2 Å². The van der Waals surface area contributed by atoms with E-state index in [0.29, 0.717) is 5.69 Å². The zero-order chi connectivity index (χ0) is 13.9. The predicted molar refractivity (Wildman–Crippen MR) is 68.1 cm³/mol. The predicted octanol–water partition coefficient (Wildman–Crippen LogP) is 1.61. The Morgan fingerprint density at radius 3 is 2.61 bits per heavy atom. The average Bonchev–Trinajstić information content (AvgIpc) is 2.35. The number of rotatable bonds is 5. The van der Waals surface area contributed by atoms with Gasteiger partial charge in [0.1, 0.15) is 0 Å². The van der Waals surface area contributed by atoms with Gasteiger partial charge in [-0.05, 0) is 26.0 Å². The molecule has 1 rings (SSSR count). The molecule has 0 amide bonds. The van der Waals surface area contributed by atoms with Crippen LogP contribution in [0.4, 0.5) is 11.4 Å². The third-order valence-corrected chi connectivity index (χ3v) is 2.89. The van der Waals surface area contributed by atoms with Crippen molar-refractivity contribution in [2.45, 2.75) is 19.9 Å². The van der Waals surface area contributed by atoms with E-state index in [9.17, 15) is 14.9 Å². The molecule has 0 radical (unpaired) electrons. The van der Waals surface area contributed by atoms with E-state index in [0.717, 1.165) is 0 Å². The van der Waals surface area contributed by atoms with E-state index in [4.69, 9.17) is 5.11 Å². The topological polar surface area (TPSA) is 83.7 Å². The van der Waals surface area contributed by atoms with Crippen LogP contribution in [-0.4, -0.2) is 35.5 Å². The van der Waals surface area contributed by atoms with Gasteiger partial charge in [-0.1, -0.05) is 0 Å². The van der Waals surface area contributed by atoms with Gasteiger partial charge in [0.25, 0.3) is 5.69 Å². The van der Waals surface area contributed by atoms with Crippen LogP contribution in [0.5, 0.6) is 0 Å². The number of nitro groups is 1. The second-order valence-corrected chi connectivity index (χ2v) is 4.16. The monoisotopic (exact) mass is 252 g/mol. The quantitative estimate of drug-likeness (QED) is 0.489. The molecule has 0 aromatic heterocycles. The number of ketones is 1. The molecule has 1 unspecified atom stereocenters. The van der Waals surface area contributed by atoms with Gasteiger partial charge in [-0.25, -0.2) is 0 Å². The van der Waals surface area contributed by atoms with Crippen LogP contribution < -0.4 is 4.90 Å². The SMILES string of the molecule is CC(=O)c1ccc(N(C)C(C)CO)cc1[N+](=O)[O-]. The molecule has 0 aliphatic rings. The minimum absolute atomic E-state index is 0.0568. The molecule has 1 aromatic carbocycles. The van der Waals surface area contributed by atoms with E-state index in [1.54, 1.807) is 24.9 Å². The van der Waals surface area contributed by atoms with Crippen molar-refractivity contribution in [1.29, 1.82) is 0 Å². The average molecular weight is 252 g/mol. The number of carbonyl (C=O) groups excluding carboxylic acids is 1. The molecule has 1 aromatic rings. The molecule has 0 saturated carbocycles. The van der Waals surface area contributed by atoms with Crippen LogP contribution in [0.25, 0.3) is 0 Å². The van der Waals surface area contributed by atoms with E-state index < -0.39 is 4.92 Å². The summed E-state index contributed by atoms with van der Waals surface area (Å²) in [6.07, 6.45) is 0. The van der Waals surface area contributed by atoms with Gasteiger partial charge in [0.05, 0.1) is 17.1 Å². The fourth-order valence-electron chi connectivity index (χ4n) is 1.57. The highest BCUT2D eigenvalue weighted by Crippen LogP contribution is 2.26. The van der Waals surface area contributed by atoms with Crippen molar-refractivity contribution < 1.29 is 14.8 Å². The number of nitrogens with zero attached hydrogens (tertiary/aromatic N) is 2. The first-order chi connectivity index (χ1) is 8.38. The Labute approximate surface area is 105 Å². The first kappa shape index (κ1) is 14.1. The van der Waals surface area contributed by atoms with Gasteiger partial charge in [0.2, 0.25) is 0 Å². The lowest BCUT2D eigenvalue weighted by atomic mass is 10.1. The number of aliphatic hydroxyl groups is 1. The summed E-state index contributed by atoms with van der Waals surface area (Å²) in [5.41, 5.74) is 0.471. The molecule has 0 spiro atoms. The number of likely N-dealkylation sites (N-methyl/N-ethyl adjacent to an activating group) is 1. The molecule has 1 atom stereocenters. The Balaban J connectivity index is 3.23. The summed E-state index contributed by atoms with van der Waals surface area (Å²) in [4.78, 5) is 23.4. The molecule has 0 fully saturated rings. The van der Waals surface area contributed by atoms with Crippen LogP contribution in [-0.2, 0) is 0 Å². The third kappa shape index (κ3) is 2.84. The Hall–Kier alpha value is -1.95. The molecule has 0 aliphatic carbocycles. The summed E-state index contributed by atoms with van der Waals surface area (Å²) < 4.78 is 0. The maximum atomic E-state index is 11.3. The van der Waals surface area contributed by atoms with Crippen LogP contribution in [0, 0.1) is 10.1 Å². The van der Waals surface area contributed by atoms with Gasteiger partial charge in [0.15, 0.2) is 5.78 Å². The largest absolute Gasteiger partial charge is 0.394 e. The van der Waals surface area contributed by atoms with Crippen LogP contribution in [0.15, 0.2) is 18.2 Å². The molecule has 6 heteroatoms. The Morgan fingerprint density at radius 2 is 2.17 bits per heavy atom. The molecule has 98 valence electrons. The highest BCUT2D eigenvalue weighted by molar-refractivity contribution is 5.98. The van der Waals surface area contributed by atoms with E-state index in [-0.39, 0.29) is 29.7 Å². The maximum Gasteiger partial charge on any atom is 0.282 e. The minimum atomic E-state index is -0.572. The summed E-state index contributed by atoms with van der Waals surface area (Å²) in [6.45, 7) is 3.03. The van der Waals surface area contributed by atoms with Crippen molar-refractivity contribution in [1.82, 2.24) is 0 Å². The highest BCUT2D eigenvalue weighted by Gasteiger charge is 2.20. The number of hydrogen-bond donors (Lipinski definition) is 1. The number of anilines is 1. The molecule has 18 heavy (non-hydrogen) atoms. The van der Waals surface area contributed by atoms with Crippen LogP contribution in [0.3, 0.4) is 0 Å². The fraction of sp³-hybridized carbons (Fsp3) is 0.417. The standard InChI is InChI=1S/C12H16N2O4/c1-8(7-15)13(3)10-4-5-11(9(2)16)12(6-10)14(17)18/h4-6,8,15H,7H2,1-3H3. The zero-order valence-electron chi connectivity index (χ0n) is 10.6. The summed E-state index contributed by atoms with van der Waals surface area (Å²) in [7, 11) is 1.73. The molecular formula is C12H16N2O4. The van der Waals surface area contributed by atoms with Crippen LogP contribution >= 0.6 is 0 Å². The maximum absolute atomic E-state index is 11.3. The second-order valence-electron chi connectivity index (χ2n) is 4.16. The van der Waals surface area contributed by atoms with Crippen molar-refractivity contribution >= 4 is 17.2 Å². The smallest absolute Gasteiger partial charge is 0.282 e. The molecule has 0 bridgehead atoms. The number of carbonyl (C=O) groups is 1. The summed E-state index contributed by atoms with van der Waals surface area (Å²) in [6, 6.07) is 4.27. The van der Waals surface area contributed by atoms with Crippen molar-refractivity contribution in [3.05, 3.63) is 33.9 Å². The van der Waals surface area contributed by atoms with E-state index >= 15 is 0 Å². The van der Waals surface area contributed by atoms with E-state index in [2.05, 4.69) is 0 Å². The number of aliphatic hydroxyl groups excluding tert-OH is 1. The normalized spacial score (nSPS) is 12.0. The minimum Gasteiger partial charge on any atom is -0.394 e. The number of Topliss-reactive ketones (excluding diaryl/α,β-unsaturated/α-hetero) is 1. The zero-order valence-corrected chi connectivity index (χ0v) is 10.6. The molecule has 1 N–H and O–H groups in total. The molecule has 0 aliphatic heterocycles. The lowest BCUT2D eigenvalue weighted by molar-refractivity contribution is -0.385. The third-order valence-electron chi connectivity index (χ3n) is 2.89. The van der Waals surface area contributed by atoms with Crippen molar-refractivity contribution in [3.63, 3.8) is 0 Å². The Bertz CT molecular complexity index is 473. The van der Waals surface area contributed by atoms with Gasteiger partial charge in [-0.2, -0.15) is 0 Å². The Morgan fingerprint density at radius 1 is 1.56 bits per heavy atom. The van der Waals surface area contributed by atoms with Gasteiger partial charge in [0, 0.05) is 24.8 Å². The summed E-state index contributed by atoms with van der Waals surface area (Å²) in [5.74, 6) is -0.342. The molecular weight excluding hydrogens is 236 g/mol. The second kappa shape index (κ2) is 5.59. The van der Waals surface area contributed by atoms with Crippen molar-refractivity contribution in [2.24, 2.45) is 0 Å². The first-order valence-corrected chi connectivity index (χ1v) is 5.51. The molecule has 6 nitrogen and oxygen atoms in total. The number of nitro benzene ring substituents is 1. The van der Waals surface area contributed by atoms with Crippen molar-refractivity contribution in [2.75, 3.05) is 18.6 Å². The van der Waals surface area contributed by atoms with Crippen molar-refractivity contribution in [3.8, 4) is 0 Å².